The fourth-order valence-corrected chi connectivity index (χ4v) is 3.06. The minimum atomic E-state index is -0.694. The first-order valence-corrected chi connectivity index (χ1v) is 8.68. The van der Waals surface area contributed by atoms with Gasteiger partial charge in [0.1, 0.15) is 0 Å². The van der Waals surface area contributed by atoms with Crippen LogP contribution in [0.4, 0.5) is 5.69 Å². The molecule has 0 saturated carbocycles. The van der Waals surface area contributed by atoms with Gasteiger partial charge in [-0.3, -0.25) is 9.59 Å². The number of anilines is 1. The number of rotatable bonds is 4. The molecule has 0 aliphatic carbocycles. The Morgan fingerprint density at radius 1 is 1.07 bits per heavy atom. The van der Waals surface area contributed by atoms with Crippen molar-refractivity contribution in [3.63, 3.8) is 0 Å². The Kier molecular flexibility index (Phi) is 4.67. The van der Waals surface area contributed by atoms with Crippen LogP contribution in [0, 0.1) is 0 Å². The summed E-state index contributed by atoms with van der Waals surface area (Å²) in [6.07, 6.45) is 5.15. The SMILES string of the molecule is O=C(NCc1ccc2c(c1)CNC2)C(=O)Nc1cccc(-n2ccnc2)c1. The summed E-state index contributed by atoms with van der Waals surface area (Å²) in [5.74, 6) is -1.36. The molecular formula is C20H19N5O2. The average molecular weight is 361 g/mol. The Balaban J connectivity index is 1.35. The molecule has 4 rings (SSSR count). The van der Waals surface area contributed by atoms with Crippen LogP contribution >= 0.6 is 0 Å². The van der Waals surface area contributed by atoms with Crippen LogP contribution in [0.5, 0.6) is 0 Å². The largest absolute Gasteiger partial charge is 0.344 e. The highest BCUT2D eigenvalue weighted by molar-refractivity contribution is 6.39. The number of benzene rings is 2. The lowest BCUT2D eigenvalue weighted by Crippen LogP contribution is -2.35. The minimum absolute atomic E-state index is 0.314. The predicted octanol–water partition coefficient (Wildman–Crippen LogP) is 1.73. The first-order valence-electron chi connectivity index (χ1n) is 8.68. The summed E-state index contributed by atoms with van der Waals surface area (Å²) >= 11 is 0. The first kappa shape index (κ1) is 17.0. The molecule has 7 heteroatoms. The van der Waals surface area contributed by atoms with Crippen molar-refractivity contribution in [1.29, 1.82) is 0 Å². The van der Waals surface area contributed by atoms with Gasteiger partial charge in [0.15, 0.2) is 0 Å². The lowest BCUT2D eigenvalue weighted by Gasteiger charge is -2.09. The molecule has 136 valence electrons. The fourth-order valence-electron chi connectivity index (χ4n) is 3.06. The lowest BCUT2D eigenvalue weighted by atomic mass is 10.1. The molecule has 7 nitrogen and oxygen atoms in total. The smallest absolute Gasteiger partial charge is 0.313 e. The van der Waals surface area contributed by atoms with Gasteiger partial charge in [-0.15, -0.1) is 0 Å². The molecule has 0 spiro atoms. The standard InChI is InChI=1S/C20H19N5O2/c26-19(23-10-14-4-5-15-11-22-12-16(15)8-14)20(27)24-17-2-1-3-18(9-17)25-7-6-21-13-25/h1-9,13,22H,10-12H2,(H,23,26)(H,24,27). The van der Waals surface area contributed by atoms with E-state index in [1.165, 1.54) is 11.1 Å². The van der Waals surface area contributed by atoms with Crippen molar-refractivity contribution >= 4 is 17.5 Å². The van der Waals surface area contributed by atoms with Crippen LogP contribution in [0.3, 0.4) is 0 Å². The summed E-state index contributed by atoms with van der Waals surface area (Å²) in [4.78, 5) is 28.3. The van der Waals surface area contributed by atoms with E-state index in [9.17, 15) is 9.59 Å². The van der Waals surface area contributed by atoms with Gasteiger partial charge in [0.25, 0.3) is 0 Å². The van der Waals surface area contributed by atoms with Gasteiger partial charge >= 0.3 is 11.8 Å². The average Bonchev–Trinajstić information content (AvgIpc) is 3.37. The number of fused-ring (bicyclic) bond motifs is 1. The zero-order valence-electron chi connectivity index (χ0n) is 14.6. The van der Waals surface area contributed by atoms with E-state index in [2.05, 4.69) is 33.1 Å². The van der Waals surface area contributed by atoms with E-state index in [1.54, 1.807) is 36.9 Å². The van der Waals surface area contributed by atoms with Gasteiger partial charge in [0.05, 0.1) is 6.33 Å². The quantitative estimate of drug-likeness (QED) is 0.618. The second-order valence-electron chi connectivity index (χ2n) is 6.36. The molecule has 2 heterocycles. The summed E-state index contributed by atoms with van der Waals surface area (Å²) in [5.41, 5.74) is 4.88. The van der Waals surface area contributed by atoms with Gasteiger partial charge in [-0.05, 0) is 34.9 Å². The van der Waals surface area contributed by atoms with Gasteiger partial charge in [-0.25, -0.2) is 4.98 Å². The molecule has 0 saturated heterocycles. The normalized spacial score (nSPS) is 12.4. The Hall–Kier alpha value is -3.45. The molecule has 3 N–H and O–H groups in total. The van der Waals surface area contributed by atoms with Crippen LogP contribution in [-0.2, 0) is 29.2 Å². The summed E-state index contributed by atoms with van der Waals surface area (Å²) in [6.45, 7) is 2.03. The van der Waals surface area contributed by atoms with Crippen LogP contribution in [-0.4, -0.2) is 21.4 Å². The maximum Gasteiger partial charge on any atom is 0.313 e. The molecule has 0 radical (unpaired) electrons. The summed E-state index contributed by atoms with van der Waals surface area (Å²) in [5, 5.41) is 8.58. The van der Waals surface area contributed by atoms with Crippen molar-refractivity contribution < 1.29 is 9.59 Å². The summed E-state index contributed by atoms with van der Waals surface area (Å²) in [7, 11) is 0. The van der Waals surface area contributed by atoms with Gasteiger partial charge < -0.3 is 20.5 Å². The van der Waals surface area contributed by atoms with Crippen LogP contribution in [0.25, 0.3) is 5.69 Å². The Bertz CT molecular complexity index is 982. The highest BCUT2D eigenvalue weighted by atomic mass is 16.2. The predicted molar refractivity (Wildman–Crippen MR) is 101 cm³/mol. The topological polar surface area (TPSA) is 88.0 Å². The molecule has 3 aromatic rings. The number of nitrogens with one attached hydrogen (secondary N) is 3. The Morgan fingerprint density at radius 3 is 2.81 bits per heavy atom. The molecule has 0 unspecified atom stereocenters. The number of nitrogens with zero attached hydrogens (tertiary/aromatic N) is 2. The molecule has 0 atom stereocenters. The van der Waals surface area contributed by atoms with E-state index < -0.39 is 11.8 Å². The van der Waals surface area contributed by atoms with E-state index in [0.29, 0.717) is 12.2 Å². The van der Waals surface area contributed by atoms with Crippen LogP contribution in [0.15, 0.2) is 61.2 Å². The van der Waals surface area contributed by atoms with E-state index >= 15 is 0 Å². The summed E-state index contributed by atoms with van der Waals surface area (Å²) in [6, 6.07) is 13.3. The Labute approximate surface area is 156 Å². The van der Waals surface area contributed by atoms with Crippen molar-refractivity contribution in [1.82, 2.24) is 20.2 Å². The zero-order valence-corrected chi connectivity index (χ0v) is 14.6. The molecule has 1 aromatic heterocycles. The van der Waals surface area contributed by atoms with E-state index in [0.717, 1.165) is 24.3 Å². The van der Waals surface area contributed by atoms with E-state index in [4.69, 9.17) is 0 Å². The second kappa shape index (κ2) is 7.43. The number of carbonyl (C=O) groups is 2. The molecule has 27 heavy (non-hydrogen) atoms. The molecule has 2 aromatic carbocycles. The molecule has 0 fully saturated rings. The molecule has 2 amide bonds. The van der Waals surface area contributed by atoms with Crippen molar-refractivity contribution in [3.05, 3.63) is 77.9 Å². The van der Waals surface area contributed by atoms with Crippen molar-refractivity contribution in [2.45, 2.75) is 19.6 Å². The van der Waals surface area contributed by atoms with Gasteiger partial charge in [0.2, 0.25) is 0 Å². The van der Waals surface area contributed by atoms with Crippen LogP contribution in [0.2, 0.25) is 0 Å². The Morgan fingerprint density at radius 2 is 1.96 bits per heavy atom. The number of hydrogen-bond acceptors (Lipinski definition) is 4. The summed E-state index contributed by atoms with van der Waals surface area (Å²) < 4.78 is 1.82. The number of aromatic nitrogens is 2. The van der Waals surface area contributed by atoms with Gasteiger partial charge in [-0.2, -0.15) is 0 Å². The first-order chi connectivity index (χ1) is 13.2. The van der Waals surface area contributed by atoms with Crippen molar-refractivity contribution in [2.24, 2.45) is 0 Å². The highest BCUT2D eigenvalue weighted by Crippen LogP contribution is 2.17. The van der Waals surface area contributed by atoms with Crippen LogP contribution in [0.1, 0.15) is 16.7 Å². The van der Waals surface area contributed by atoms with Crippen LogP contribution < -0.4 is 16.0 Å². The number of amides is 2. The fraction of sp³-hybridized carbons (Fsp3) is 0.150. The van der Waals surface area contributed by atoms with E-state index in [1.807, 2.05) is 16.7 Å². The van der Waals surface area contributed by atoms with Gasteiger partial charge in [-0.1, -0.05) is 24.3 Å². The van der Waals surface area contributed by atoms with Crippen molar-refractivity contribution in [3.8, 4) is 5.69 Å². The zero-order chi connectivity index (χ0) is 18.6. The maximum absolute atomic E-state index is 12.2. The third kappa shape index (κ3) is 3.88. The number of imidazole rings is 1. The van der Waals surface area contributed by atoms with Crippen molar-refractivity contribution in [2.75, 3.05) is 5.32 Å². The molecule has 1 aliphatic rings. The lowest BCUT2D eigenvalue weighted by molar-refractivity contribution is -0.136. The molecule has 1 aliphatic heterocycles. The van der Waals surface area contributed by atoms with Gasteiger partial charge in [0, 0.05) is 43.4 Å². The highest BCUT2D eigenvalue weighted by Gasteiger charge is 2.15. The third-order valence-electron chi connectivity index (χ3n) is 4.47. The molecular weight excluding hydrogens is 342 g/mol. The third-order valence-corrected chi connectivity index (χ3v) is 4.47. The van der Waals surface area contributed by atoms with E-state index in [-0.39, 0.29) is 0 Å². The number of carbonyl (C=O) groups excluding carboxylic acids is 2. The minimum Gasteiger partial charge on any atom is -0.344 e. The monoisotopic (exact) mass is 361 g/mol. The maximum atomic E-state index is 12.2. The molecule has 0 bridgehead atoms. The number of hydrogen-bond donors (Lipinski definition) is 3. The second-order valence-corrected chi connectivity index (χ2v) is 6.36.